The van der Waals surface area contributed by atoms with Crippen LogP contribution >= 0.6 is 0 Å². The Morgan fingerprint density at radius 2 is 1.72 bits per heavy atom. The van der Waals surface area contributed by atoms with Gasteiger partial charge in [-0.1, -0.05) is 42.5 Å². The predicted molar refractivity (Wildman–Crippen MR) is 111 cm³/mol. The van der Waals surface area contributed by atoms with Gasteiger partial charge >= 0.3 is 5.97 Å². The molecule has 0 N–H and O–H groups in total. The molecule has 0 bridgehead atoms. The maximum atomic E-state index is 12.9. The number of hydrogen-bond acceptors (Lipinski definition) is 5. The van der Waals surface area contributed by atoms with E-state index in [0.29, 0.717) is 6.42 Å². The Bertz CT molecular complexity index is 899. The summed E-state index contributed by atoms with van der Waals surface area (Å²) in [6.07, 6.45) is 0.579. The van der Waals surface area contributed by atoms with Gasteiger partial charge in [0.2, 0.25) is 0 Å². The molecule has 29 heavy (non-hydrogen) atoms. The third kappa shape index (κ3) is 4.83. The van der Waals surface area contributed by atoms with Crippen molar-refractivity contribution < 1.29 is 19.1 Å². The van der Waals surface area contributed by atoms with Gasteiger partial charge in [-0.2, -0.15) is 5.10 Å². The molecule has 0 aliphatic carbocycles. The summed E-state index contributed by atoms with van der Waals surface area (Å²) in [5.74, 6) is -0.0272. The van der Waals surface area contributed by atoms with Gasteiger partial charge in [-0.15, -0.1) is 0 Å². The first-order valence-electron chi connectivity index (χ1n) is 9.55. The van der Waals surface area contributed by atoms with Gasteiger partial charge in [0.05, 0.1) is 24.3 Å². The number of methoxy groups -OCH3 is 1. The molecule has 0 saturated heterocycles. The first-order chi connectivity index (χ1) is 13.8. The highest BCUT2D eigenvalue weighted by Crippen LogP contribution is 2.33. The molecule has 1 atom stereocenters. The molecule has 0 aromatic heterocycles. The number of hydrazone groups is 1. The van der Waals surface area contributed by atoms with E-state index < -0.39 is 11.4 Å². The number of hydrogen-bond donors (Lipinski definition) is 0. The molecule has 6 nitrogen and oxygen atoms in total. The van der Waals surface area contributed by atoms with Crippen molar-refractivity contribution >= 4 is 17.6 Å². The standard InChI is InChI=1S/C23H26N2O4/c1-23(2,3)22(27)29-15-21(26)25-20(17-10-12-18(28-4)13-11-17)14-19(24-25)16-8-6-5-7-9-16/h5-13,20H,14-15H2,1-4H3. The smallest absolute Gasteiger partial charge is 0.311 e. The molecular weight excluding hydrogens is 368 g/mol. The van der Waals surface area contributed by atoms with Crippen molar-refractivity contribution in [3.63, 3.8) is 0 Å². The zero-order valence-electron chi connectivity index (χ0n) is 17.2. The Labute approximate surface area is 171 Å². The summed E-state index contributed by atoms with van der Waals surface area (Å²) in [4.78, 5) is 24.9. The van der Waals surface area contributed by atoms with Crippen molar-refractivity contribution in [1.82, 2.24) is 5.01 Å². The molecular formula is C23H26N2O4. The second kappa shape index (κ2) is 8.47. The van der Waals surface area contributed by atoms with Crippen LogP contribution in [0, 0.1) is 5.41 Å². The van der Waals surface area contributed by atoms with Crippen LogP contribution in [-0.4, -0.2) is 36.3 Å². The summed E-state index contributed by atoms with van der Waals surface area (Å²) in [5.41, 5.74) is 2.06. The summed E-state index contributed by atoms with van der Waals surface area (Å²) in [6, 6.07) is 17.1. The Kier molecular flexibility index (Phi) is 6.01. The largest absolute Gasteiger partial charge is 0.497 e. The third-order valence-electron chi connectivity index (χ3n) is 4.71. The number of benzene rings is 2. The van der Waals surface area contributed by atoms with Gasteiger partial charge < -0.3 is 9.47 Å². The minimum atomic E-state index is -0.668. The number of carbonyl (C=O) groups is 2. The average molecular weight is 394 g/mol. The van der Waals surface area contributed by atoms with Gasteiger partial charge in [0.1, 0.15) is 5.75 Å². The molecule has 0 spiro atoms. The van der Waals surface area contributed by atoms with Crippen LogP contribution in [0.4, 0.5) is 0 Å². The van der Waals surface area contributed by atoms with Crippen LogP contribution < -0.4 is 4.74 Å². The minimum absolute atomic E-state index is 0.267. The fourth-order valence-corrected chi connectivity index (χ4v) is 3.04. The molecule has 0 saturated carbocycles. The van der Waals surface area contributed by atoms with Crippen molar-refractivity contribution in [3.8, 4) is 5.75 Å². The van der Waals surface area contributed by atoms with Crippen molar-refractivity contribution in [2.45, 2.75) is 33.2 Å². The van der Waals surface area contributed by atoms with Gasteiger partial charge in [0, 0.05) is 6.42 Å². The van der Waals surface area contributed by atoms with Crippen LogP contribution in [0.25, 0.3) is 0 Å². The van der Waals surface area contributed by atoms with Gasteiger partial charge in [-0.3, -0.25) is 9.59 Å². The Morgan fingerprint density at radius 3 is 2.31 bits per heavy atom. The van der Waals surface area contributed by atoms with Gasteiger partial charge in [-0.05, 0) is 44.0 Å². The molecule has 152 valence electrons. The molecule has 3 rings (SSSR count). The highest BCUT2D eigenvalue weighted by molar-refractivity contribution is 6.03. The van der Waals surface area contributed by atoms with Gasteiger partial charge in [0.25, 0.3) is 5.91 Å². The van der Waals surface area contributed by atoms with Crippen molar-refractivity contribution in [1.29, 1.82) is 0 Å². The number of carbonyl (C=O) groups excluding carboxylic acids is 2. The van der Waals surface area contributed by atoms with E-state index in [1.54, 1.807) is 27.9 Å². The summed E-state index contributed by atoms with van der Waals surface area (Å²) in [7, 11) is 1.61. The van der Waals surface area contributed by atoms with Crippen molar-refractivity contribution in [2.24, 2.45) is 10.5 Å². The van der Waals surface area contributed by atoms with Gasteiger partial charge in [0.15, 0.2) is 6.61 Å². The summed E-state index contributed by atoms with van der Waals surface area (Å²) in [5, 5.41) is 6.01. The zero-order valence-corrected chi connectivity index (χ0v) is 17.2. The molecule has 0 fully saturated rings. The van der Waals surface area contributed by atoms with E-state index in [0.717, 1.165) is 22.6 Å². The van der Waals surface area contributed by atoms with Crippen molar-refractivity contribution in [2.75, 3.05) is 13.7 Å². The fraction of sp³-hybridized carbons (Fsp3) is 0.348. The number of esters is 1. The quantitative estimate of drug-likeness (QED) is 0.720. The fourth-order valence-electron chi connectivity index (χ4n) is 3.04. The molecule has 0 radical (unpaired) electrons. The molecule has 1 unspecified atom stereocenters. The van der Waals surface area contributed by atoms with E-state index in [2.05, 4.69) is 5.10 Å². The molecule has 6 heteroatoms. The summed E-state index contributed by atoms with van der Waals surface area (Å²) in [6.45, 7) is 4.92. The Hall–Kier alpha value is -3.15. The maximum Gasteiger partial charge on any atom is 0.311 e. The Morgan fingerprint density at radius 1 is 1.07 bits per heavy atom. The van der Waals surface area contributed by atoms with Crippen molar-refractivity contribution in [3.05, 3.63) is 65.7 Å². The monoisotopic (exact) mass is 394 g/mol. The van der Waals surface area contributed by atoms with Crippen LogP contribution in [-0.2, 0) is 14.3 Å². The molecule has 1 amide bonds. The van der Waals surface area contributed by atoms with E-state index in [9.17, 15) is 9.59 Å². The lowest BCUT2D eigenvalue weighted by Crippen LogP contribution is -2.33. The highest BCUT2D eigenvalue weighted by atomic mass is 16.5. The molecule has 1 aliphatic rings. The molecule has 2 aromatic carbocycles. The first kappa shape index (κ1) is 20.6. The molecule has 1 heterocycles. The lowest BCUT2D eigenvalue weighted by molar-refractivity contribution is -0.159. The topological polar surface area (TPSA) is 68.2 Å². The lowest BCUT2D eigenvalue weighted by atomic mass is 9.97. The predicted octanol–water partition coefficient (Wildman–Crippen LogP) is 3.96. The number of nitrogens with zero attached hydrogens (tertiary/aromatic N) is 2. The van der Waals surface area contributed by atoms with Crippen LogP contribution in [0.1, 0.15) is 44.4 Å². The average Bonchev–Trinajstić information content (AvgIpc) is 3.17. The number of rotatable bonds is 5. The highest BCUT2D eigenvalue weighted by Gasteiger charge is 2.34. The van der Waals surface area contributed by atoms with E-state index in [1.807, 2.05) is 54.6 Å². The summed E-state index contributed by atoms with van der Waals surface area (Å²) >= 11 is 0. The maximum absolute atomic E-state index is 12.9. The number of amides is 1. The lowest BCUT2D eigenvalue weighted by Gasteiger charge is -2.23. The zero-order chi connectivity index (χ0) is 21.0. The van der Waals surface area contributed by atoms with Crippen LogP contribution in [0.15, 0.2) is 59.7 Å². The normalized spacial score (nSPS) is 16.3. The van der Waals surface area contributed by atoms with Gasteiger partial charge in [-0.25, -0.2) is 5.01 Å². The molecule has 1 aliphatic heterocycles. The molecule has 2 aromatic rings. The van der Waals surface area contributed by atoms with E-state index >= 15 is 0 Å². The SMILES string of the molecule is COc1ccc(C2CC(c3ccccc3)=NN2C(=O)COC(=O)C(C)(C)C)cc1. The van der Waals surface area contributed by atoms with Crippen LogP contribution in [0.2, 0.25) is 0 Å². The van der Waals surface area contributed by atoms with Crippen LogP contribution in [0.3, 0.4) is 0 Å². The van der Waals surface area contributed by atoms with Crippen LogP contribution in [0.5, 0.6) is 5.75 Å². The second-order valence-corrected chi connectivity index (χ2v) is 7.97. The van der Waals surface area contributed by atoms with E-state index in [1.165, 1.54) is 5.01 Å². The second-order valence-electron chi connectivity index (χ2n) is 7.97. The van der Waals surface area contributed by atoms with E-state index in [-0.39, 0.29) is 18.6 Å². The van der Waals surface area contributed by atoms with E-state index in [4.69, 9.17) is 9.47 Å². The first-order valence-corrected chi connectivity index (χ1v) is 9.55. The minimum Gasteiger partial charge on any atom is -0.497 e. The number of ether oxygens (including phenoxy) is 2. The Balaban J connectivity index is 1.84. The summed E-state index contributed by atoms with van der Waals surface area (Å²) < 4.78 is 10.4. The third-order valence-corrected chi connectivity index (χ3v) is 4.71.